The van der Waals surface area contributed by atoms with Crippen LogP contribution in [0, 0.1) is 0 Å². The fraction of sp³-hybridized carbons (Fsp3) is 0.333. The highest BCUT2D eigenvalue weighted by Gasteiger charge is 2.18. The highest BCUT2D eigenvalue weighted by molar-refractivity contribution is 9.10. The van der Waals surface area contributed by atoms with Crippen LogP contribution in [-0.2, 0) is 20.0 Å². The number of halogens is 1. The van der Waals surface area contributed by atoms with Gasteiger partial charge >= 0.3 is 0 Å². The lowest BCUT2D eigenvalue weighted by Gasteiger charge is -2.09. The minimum absolute atomic E-state index is 0.0900. The van der Waals surface area contributed by atoms with E-state index in [1.54, 1.807) is 6.07 Å². The number of nitrogens with two attached hydrogens (primary N) is 1. The van der Waals surface area contributed by atoms with Gasteiger partial charge in [0, 0.05) is 11.0 Å². The van der Waals surface area contributed by atoms with Crippen LogP contribution in [0.3, 0.4) is 0 Å². The minimum Gasteiger partial charge on any atom is -0.398 e. The Morgan fingerprint density at radius 2 is 1.89 bits per heavy atom. The van der Waals surface area contributed by atoms with E-state index in [9.17, 15) is 16.8 Å². The van der Waals surface area contributed by atoms with E-state index in [0.717, 1.165) is 0 Å². The van der Waals surface area contributed by atoms with Gasteiger partial charge in [-0.05, 0) is 25.2 Å². The molecule has 0 bridgehead atoms. The third-order valence-electron chi connectivity index (χ3n) is 2.24. The first-order valence-corrected chi connectivity index (χ1v) is 9.07. The normalized spacial score (nSPS) is 12.5. The number of anilines is 1. The van der Waals surface area contributed by atoms with E-state index in [0.29, 0.717) is 4.47 Å². The number of nitrogens with one attached hydrogen (secondary N) is 2. The number of hydrogen-bond acceptors (Lipinski definition) is 5. The fourth-order valence-corrected chi connectivity index (χ4v) is 3.63. The van der Waals surface area contributed by atoms with Crippen molar-refractivity contribution < 1.29 is 16.8 Å². The third-order valence-corrected chi connectivity index (χ3v) is 5.61. The lowest BCUT2D eigenvalue weighted by molar-refractivity contribution is 0.579. The summed E-state index contributed by atoms with van der Waals surface area (Å²) in [6.45, 7) is -0.239. The van der Waals surface area contributed by atoms with Gasteiger partial charge in [-0.3, -0.25) is 0 Å². The molecule has 4 N–H and O–H groups in total. The molecule has 0 aliphatic rings. The van der Waals surface area contributed by atoms with Crippen molar-refractivity contribution in [3.63, 3.8) is 0 Å². The molecule has 10 heteroatoms. The van der Waals surface area contributed by atoms with Gasteiger partial charge in [-0.15, -0.1) is 0 Å². The second-order valence-electron chi connectivity index (χ2n) is 3.60. The zero-order chi connectivity index (χ0) is 14.7. The average molecular weight is 372 g/mol. The van der Waals surface area contributed by atoms with Crippen molar-refractivity contribution in [1.29, 1.82) is 0 Å². The maximum Gasteiger partial charge on any atom is 0.242 e. The summed E-state index contributed by atoms with van der Waals surface area (Å²) in [5.74, 6) is -0.351. The predicted molar refractivity (Wildman–Crippen MR) is 76.6 cm³/mol. The van der Waals surface area contributed by atoms with E-state index in [1.165, 1.54) is 19.2 Å². The van der Waals surface area contributed by atoms with Crippen LogP contribution in [0.2, 0.25) is 0 Å². The van der Waals surface area contributed by atoms with Gasteiger partial charge in [-0.2, -0.15) is 0 Å². The molecule has 0 aliphatic carbocycles. The zero-order valence-electron chi connectivity index (χ0n) is 10.1. The van der Waals surface area contributed by atoms with Crippen LogP contribution in [0.1, 0.15) is 0 Å². The summed E-state index contributed by atoms with van der Waals surface area (Å²) in [6.07, 6.45) is 0. The fourth-order valence-electron chi connectivity index (χ4n) is 1.23. The van der Waals surface area contributed by atoms with Gasteiger partial charge in [0.15, 0.2) is 0 Å². The van der Waals surface area contributed by atoms with E-state index in [4.69, 9.17) is 5.73 Å². The first kappa shape index (κ1) is 16.4. The van der Waals surface area contributed by atoms with E-state index >= 15 is 0 Å². The number of nitrogen functional groups attached to an aromatic ring is 1. The summed E-state index contributed by atoms with van der Waals surface area (Å²) in [4.78, 5) is -0.0938. The first-order chi connectivity index (χ1) is 8.68. The SMILES string of the molecule is CNS(=O)(=O)CCNS(=O)(=O)c1cc(Br)ccc1N. The average Bonchev–Trinajstić information content (AvgIpc) is 2.31. The second kappa shape index (κ2) is 6.18. The molecule has 19 heavy (non-hydrogen) atoms. The van der Waals surface area contributed by atoms with Crippen LogP contribution >= 0.6 is 15.9 Å². The van der Waals surface area contributed by atoms with Gasteiger partial charge in [0.25, 0.3) is 0 Å². The molecule has 0 aliphatic heterocycles. The largest absolute Gasteiger partial charge is 0.398 e. The van der Waals surface area contributed by atoms with E-state index < -0.39 is 20.0 Å². The molecule has 0 radical (unpaired) electrons. The first-order valence-electron chi connectivity index (χ1n) is 5.14. The molecule has 0 heterocycles. The van der Waals surface area contributed by atoms with Crippen molar-refractivity contribution in [2.24, 2.45) is 0 Å². The number of rotatable bonds is 6. The molecule has 1 rings (SSSR count). The molecule has 0 spiro atoms. The topological polar surface area (TPSA) is 118 Å². The zero-order valence-corrected chi connectivity index (χ0v) is 13.3. The van der Waals surface area contributed by atoms with Crippen LogP contribution in [0.4, 0.5) is 5.69 Å². The molecule has 7 nitrogen and oxygen atoms in total. The molecule has 0 fully saturated rings. The van der Waals surface area contributed by atoms with Crippen LogP contribution in [0.15, 0.2) is 27.6 Å². The number of sulfonamides is 2. The summed E-state index contributed by atoms with van der Waals surface area (Å²) in [5, 5.41) is 0. The maximum absolute atomic E-state index is 12.0. The van der Waals surface area contributed by atoms with Gasteiger partial charge in [0.05, 0.1) is 11.4 Å². The van der Waals surface area contributed by atoms with Crippen LogP contribution in [0.25, 0.3) is 0 Å². The Balaban J connectivity index is 2.85. The molecule has 108 valence electrons. The van der Waals surface area contributed by atoms with Crippen molar-refractivity contribution in [3.8, 4) is 0 Å². The van der Waals surface area contributed by atoms with Crippen molar-refractivity contribution >= 4 is 41.7 Å². The Morgan fingerprint density at radius 3 is 2.47 bits per heavy atom. The van der Waals surface area contributed by atoms with Crippen LogP contribution in [-0.4, -0.2) is 36.2 Å². The van der Waals surface area contributed by atoms with E-state index in [1.807, 2.05) is 0 Å². The predicted octanol–water partition coefficient (Wildman–Crippen LogP) is -0.141. The second-order valence-corrected chi connectivity index (χ2v) is 8.30. The molecule has 0 saturated carbocycles. The molecule has 0 saturated heterocycles. The quantitative estimate of drug-likeness (QED) is 0.601. The molecule has 0 amide bonds. The van der Waals surface area contributed by atoms with Gasteiger partial charge in [-0.25, -0.2) is 26.3 Å². The number of benzene rings is 1. The number of hydrogen-bond donors (Lipinski definition) is 3. The third kappa shape index (κ3) is 4.73. The van der Waals surface area contributed by atoms with Gasteiger partial charge in [0.1, 0.15) is 4.90 Å². The molecule has 0 unspecified atom stereocenters. The van der Waals surface area contributed by atoms with Crippen LogP contribution < -0.4 is 15.2 Å². The summed E-state index contributed by atoms with van der Waals surface area (Å²) in [5.41, 5.74) is 5.68. The van der Waals surface area contributed by atoms with Gasteiger partial charge in [-0.1, -0.05) is 15.9 Å². The van der Waals surface area contributed by atoms with Gasteiger partial charge in [0.2, 0.25) is 20.0 Å². The smallest absolute Gasteiger partial charge is 0.242 e. The molecule has 1 aromatic carbocycles. The Hall–Kier alpha value is -0.680. The Labute approximate surface area is 120 Å². The monoisotopic (exact) mass is 371 g/mol. The highest BCUT2D eigenvalue weighted by Crippen LogP contribution is 2.22. The Kier molecular flexibility index (Phi) is 5.33. The van der Waals surface area contributed by atoms with Crippen molar-refractivity contribution in [1.82, 2.24) is 9.44 Å². The summed E-state index contributed by atoms with van der Waals surface area (Å²) >= 11 is 3.15. The van der Waals surface area contributed by atoms with Gasteiger partial charge < -0.3 is 5.73 Å². The summed E-state index contributed by atoms with van der Waals surface area (Å²) in [7, 11) is -6.04. The molecular formula is C9H14BrN3O4S2. The van der Waals surface area contributed by atoms with Crippen molar-refractivity contribution in [3.05, 3.63) is 22.7 Å². The summed E-state index contributed by atoms with van der Waals surface area (Å²) in [6, 6.07) is 4.41. The minimum atomic E-state index is -3.84. The van der Waals surface area contributed by atoms with Crippen LogP contribution in [0.5, 0.6) is 0 Å². The van der Waals surface area contributed by atoms with Crippen molar-refractivity contribution in [2.45, 2.75) is 4.90 Å². The Bertz CT molecular complexity index is 658. The lowest BCUT2D eigenvalue weighted by atomic mass is 10.3. The van der Waals surface area contributed by atoms with Crippen molar-refractivity contribution in [2.75, 3.05) is 25.1 Å². The molecule has 1 aromatic rings. The maximum atomic E-state index is 12.0. The van der Waals surface area contributed by atoms with E-state index in [2.05, 4.69) is 25.4 Å². The highest BCUT2D eigenvalue weighted by atomic mass is 79.9. The Morgan fingerprint density at radius 1 is 1.26 bits per heavy atom. The van der Waals surface area contributed by atoms with E-state index in [-0.39, 0.29) is 22.9 Å². The summed E-state index contributed by atoms with van der Waals surface area (Å²) < 4.78 is 51.1. The molecule has 0 aromatic heterocycles. The standard InChI is InChI=1S/C9H14BrN3O4S2/c1-12-18(14,15)5-4-13-19(16,17)9-6-7(10)2-3-8(9)11/h2-3,6,12-13H,4-5,11H2,1H3. The molecule has 0 atom stereocenters. The molecular weight excluding hydrogens is 358 g/mol. The lowest BCUT2D eigenvalue weighted by Crippen LogP contribution is -2.33.